The molecule has 1 amide bonds. The molecule has 1 aromatic heterocycles. The fraction of sp³-hybridized carbons (Fsp3) is 0.0625. The first kappa shape index (κ1) is 27.4. The highest BCUT2D eigenvalue weighted by Gasteiger charge is 2.20. The number of nitrogens with zero attached hydrogens (tertiary/aromatic N) is 2. The van der Waals surface area contributed by atoms with Crippen molar-refractivity contribution in [2.45, 2.75) is 6.92 Å². The third-order valence-corrected chi connectivity index (χ3v) is 6.70. The Balaban J connectivity index is 1.38. The fourth-order valence-electron chi connectivity index (χ4n) is 4.31. The first-order valence-electron chi connectivity index (χ1n) is 12.7. The summed E-state index contributed by atoms with van der Waals surface area (Å²) < 4.78 is 12.1. The van der Waals surface area contributed by atoms with E-state index in [0.29, 0.717) is 40.1 Å². The molecule has 2 N–H and O–H groups in total. The number of aromatic amines is 1. The molecule has 0 aliphatic carbocycles. The maximum Gasteiger partial charge on any atom is 0.343 e. The molecular weight excluding hydrogens is 584 g/mol. The van der Waals surface area contributed by atoms with Gasteiger partial charge in [0.2, 0.25) is 0 Å². The van der Waals surface area contributed by atoms with Crippen LogP contribution in [0.1, 0.15) is 38.9 Å². The van der Waals surface area contributed by atoms with Gasteiger partial charge < -0.3 is 14.5 Å². The van der Waals surface area contributed by atoms with Gasteiger partial charge in [0, 0.05) is 15.4 Å². The van der Waals surface area contributed by atoms with Gasteiger partial charge in [0.15, 0.2) is 11.5 Å². The molecule has 41 heavy (non-hydrogen) atoms. The Morgan fingerprint density at radius 3 is 2.51 bits per heavy atom. The molecule has 0 spiro atoms. The van der Waals surface area contributed by atoms with Gasteiger partial charge in [0.1, 0.15) is 11.8 Å². The van der Waals surface area contributed by atoms with Gasteiger partial charge in [-0.3, -0.25) is 4.79 Å². The van der Waals surface area contributed by atoms with Crippen LogP contribution in [0.4, 0.5) is 0 Å². The van der Waals surface area contributed by atoms with E-state index in [4.69, 9.17) is 9.47 Å². The molecular formula is C32H23BrN4O4. The number of benzene rings is 4. The molecule has 0 atom stereocenters. The van der Waals surface area contributed by atoms with Crippen molar-refractivity contribution in [1.82, 2.24) is 10.4 Å². The van der Waals surface area contributed by atoms with Crippen LogP contribution in [0.3, 0.4) is 0 Å². The summed E-state index contributed by atoms with van der Waals surface area (Å²) in [4.78, 5) is 29.0. The number of amides is 1. The van der Waals surface area contributed by atoms with Gasteiger partial charge in [-0.1, -0.05) is 58.4 Å². The molecule has 0 unspecified atom stereocenters. The lowest BCUT2D eigenvalue weighted by molar-refractivity contribution is 0.0728. The minimum Gasteiger partial charge on any atom is -0.490 e. The van der Waals surface area contributed by atoms with Crippen molar-refractivity contribution >= 4 is 44.9 Å². The van der Waals surface area contributed by atoms with Gasteiger partial charge in [0.25, 0.3) is 5.91 Å². The number of fused-ring (bicyclic) bond motifs is 1. The van der Waals surface area contributed by atoms with Crippen molar-refractivity contribution < 1.29 is 19.1 Å². The fourth-order valence-corrected chi connectivity index (χ4v) is 4.57. The molecule has 0 radical (unpaired) electrons. The lowest BCUT2D eigenvalue weighted by Crippen LogP contribution is -2.19. The predicted molar refractivity (Wildman–Crippen MR) is 160 cm³/mol. The minimum absolute atomic E-state index is 0.264. The number of esters is 1. The standard InChI is InChI=1S/C32H23BrN4O4/c1-2-40-27-17-20(11-16-26(27)41-32(39)22-12-14-24(33)15-13-22)19-35-37-31(38)30-28(21-7-4-3-5-8-21)25-10-6-9-23(18-34)29(25)36-30/h3-17,19,36H,2H2,1H3,(H,37,38). The Hall–Kier alpha value is -5.20. The minimum atomic E-state index is -0.515. The summed E-state index contributed by atoms with van der Waals surface area (Å²) in [5, 5.41) is 14.5. The average Bonchev–Trinajstić information content (AvgIpc) is 3.39. The lowest BCUT2D eigenvalue weighted by atomic mass is 10.0. The van der Waals surface area contributed by atoms with E-state index in [0.717, 1.165) is 15.4 Å². The Labute approximate surface area is 244 Å². The predicted octanol–water partition coefficient (Wildman–Crippen LogP) is 6.85. The molecule has 0 saturated heterocycles. The van der Waals surface area contributed by atoms with Crippen molar-refractivity contribution in [3.05, 3.63) is 118 Å². The van der Waals surface area contributed by atoms with E-state index in [-0.39, 0.29) is 11.4 Å². The Kier molecular flexibility index (Phi) is 8.23. The molecule has 0 saturated carbocycles. The second kappa shape index (κ2) is 12.3. The Morgan fingerprint density at radius 1 is 1.00 bits per heavy atom. The van der Waals surface area contributed by atoms with Gasteiger partial charge in [-0.05, 0) is 66.6 Å². The van der Waals surface area contributed by atoms with Gasteiger partial charge in [-0.15, -0.1) is 0 Å². The van der Waals surface area contributed by atoms with E-state index in [1.165, 1.54) is 6.21 Å². The lowest BCUT2D eigenvalue weighted by Gasteiger charge is -2.11. The molecule has 0 aliphatic rings. The SMILES string of the molecule is CCOc1cc(C=NNC(=O)c2[nH]c3c(C#N)cccc3c2-c2ccccc2)ccc1OC(=O)c1ccc(Br)cc1. The zero-order chi connectivity index (χ0) is 28.8. The number of aromatic nitrogens is 1. The number of hydrazone groups is 1. The molecule has 9 heteroatoms. The van der Waals surface area contributed by atoms with Crippen LogP contribution in [0.25, 0.3) is 22.0 Å². The van der Waals surface area contributed by atoms with Crippen molar-refractivity contribution in [3.63, 3.8) is 0 Å². The third kappa shape index (κ3) is 6.03. The van der Waals surface area contributed by atoms with Crippen LogP contribution < -0.4 is 14.9 Å². The van der Waals surface area contributed by atoms with Crippen LogP contribution in [0.2, 0.25) is 0 Å². The maximum atomic E-state index is 13.3. The largest absolute Gasteiger partial charge is 0.490 e. The van der Waals surface area contributed by atoms with E-state index in [1.807, 2.05) is 43.3 Å². The van der Waals surface area contributed by atoms with E-state index >= 15 is 0 Å². The van der Waals surface area contributed by atoms with Crippen molar-refractivity contribution in [2.75, 3.05) is 6.61 Å². The number of halogens is 1. The molecule has 202 valence electrons. The third-order valence-electron chi connectivity index (χ3n) is 6.17. The number of hydrogen-bond acceptors (Lipinski definition) is 6. The second-order valence-electron chi connectivity index (χ2n) is 8.82. The monoisotopic (exact) mass is 606 g/mol. The maximum absolute atomic E-state index is 13.3. The van der Waals surface area contributed by atoms with E-state index in [2.05, 4.69) is 37.5 Å². The molecule has 0 fully saturated rings. The molecule has 5 rings (SSSR count). The van der Waals surface area contributed by atoms with E-state index < -0.39 is 11.9 Å². The van der Waals surface area contributed by atoms with Crippen LogP contribution in [-0.4, -0.2) is 29.7 Å². The van der Waals surface area contributed by atoms with Gasteiger partial charge >= 0.3 is 5.97 Å². The summed E-state index contributed by atoms with van der Waals surface area (Å²) in [5.41, 5.74) is 6.40. The smallest absolute Gasteiger partial charge is 0.343 e. The molecule has 8 nitrogen and oxygen atoms in total. The number of H-pyrrole nitrogens is 1. The van der Waals surface area contributed by atoms with Crippen LogP contribution in [0.15, 0.2) is 101 Å². The molecule has 5 aromatic rings. The van der Waals surface area contributed by atoms with Crippen LogP contribution in [0, 0.1) is 11.3 Å². The highest BCUT2D eigenvalue weighted by Crippen LogP contribution is 2.34. The summed E-state index contributed by atoms with van der Waals surface area (Å²) in [6.07, 6.45) is 1.46. The average molecular weight is 607 g/mol. The van der Waals surface area contributed by atoms with Crippen molar-refractivity contribution in [3.8, 4) is 28.7 Å². The second-order valence-corrected chi connectivity index (χ2v) is 9.73. The highest BCUT2D eigenvalue weighted by molar-refractivity contribution is 9.10. The number of carbonyl (C=O) groups excluding carboxylic acids is 2. The van der Waals surface area contributed by atoms with Gasteiger partial charge in [-0.2, -0.15) is 10.4 Å². The van der Waals surface area contributed by atoms with E-state index in [1.54, 1.807) is 54.6 Å². The van der Waals surface area contributed by atoms with Gasteiger partial charge in [-0.25, -0.2) is 10.2 Å². The van der Waals surface area contributed by atoms with Crippen molar-refractivity contribution in [1.29, 1.82) is 5.26 Å². The van der Waals surface area contributed by atoms with Crippen LogP contribution >= 0.6 is 15.9 Å². The summed E-state index contributed by atoms with van der Waals surface area (Å²) in [6, 6.07) is 28.8. The molecule has 4 aromatic carbocycles. The first-order chi connectivity index (χ1) is 20.0. The Morgan fingerprint density at radius 2 is 1.78 bits per heavy atom. The first-order valence-corrected chi connectivity index (χ1v) is 13.5. The zero-order valence-corrected chi connectivity index (χ0v) is 23.4. The molecule has 0 aliphatic heterocycles. The summed E-state index contributed by atoms with van der Waals surface area (Å²) in [5.74, 6) is -0.358. The van der Waals surface area contributed by atoms with Crippen LogP contribution in [-0.2, 0) is 0 Å². The molecule has 1 heterocycles. The van der Waals surface area contributed by atoms with E-state index in [9.17, 15) is 14.9 Å². The van der Waals surface area contributed by atoms with Gasteiger partial charge in [0.05, 0.1) is 29.5 Å². The summed E-state index contributed by atoms with van der Waals surface area (Å²) in [6.45, 7) is 2.18. The molecule has 0 bridgehead atoms. The number of nitriles is 1. The highest BCUT2D eigenvalue weighted by atomic mass is 79.9. The number of ether oxygens (including phenoxy) is 2. The summed E-state index contributed by atoms with van der Waals surface area (Å²) >= 11 is 3.35. The Bertz CT molecular complexity index is 1810. The topological polar surface area (TPSA) is 117 Å². The van der Waals surface area contributed by atoms with Crippen molar-refractivity contribution in [2.24, 2.45) is 5.10 Å². The number of para-hydroxylation sites is 1. The zero-order valence-electron chi connectivity index (χ0n) is 21.9. The summed E-state index contributed by atoms with van der Waals surface area (Å²) in [7, 11) is 0. The van der Waals surface area contributed by atoms with Crippen LogP contribution in [0.5, 0.6) is 11.5 Å². The quantitative estimate of drug-likeness (QED) is 0.0866. The number of rotatable bonds is 8. The number of nitrogens with one attached hydrogen (secondary N) is 2. The number of carbonyl (C=O) groups is 2. The normalized spacial score (nSPS) is 10.9. The number of hydrogen-bond donors (Lipinski definition) is 2.